The molecule has 0 aliphatic rings. The lowest BCUT2D eigenvalue weighted by molar-refractivity contribution is 0.101. The number of amides is 2. The van der Waals surface area contributed by atoms with Gasteiger partial charge in [0.05, 0.1) is 33.7 Å². The number of carbonyl (C=O) groups excluding carboxylic acids is 2. The number of hydrogen-bond donors (Lipinski definition) is 3. The van der Waals surface area contributed by atoms with E-state index in [1.54, 1.807) is 19.1 Å². The monoisotopic (exact) mass is 433 g/mol. The van der Waals surface area contributed by atoms with Crippen LogP contribution in [0.1, 0.15) is 26.3 Å². The molecule has 0 unspecified atom stereocenters. The Kier molecular flexibility index (Phi) is 5.95. The van der Waals surface area contributed by atoms with Gasteiger partial charge in [-0.15, -0.1) is 0 Å². The lowest BCUT2D eigenvalue weighted by atomic mass is 10.1. The Bertz CT molecular complexity index is 1110. The minimum absolute atomic E-state index is 0.00216. The fourth-order valence-electron chi connectivity index (χ4n) is 2.44. The molecule has 29 heavy (non-hydrogen) atoms. The second-order valence-corrected chi connectivity index (χ2v) is 6.83. The molecular formula is C19H14Cl2FN5O2. The fourth-order valence-corrected chi connectivity index (χ4v) is 2.91. The molecule has 2 aromatic carbocycles. The summed E-state index contributed by atoms with van der Waals surface area (Å²) in [5.41, 5.74) is 7.01. The van der Waals surface area contributed by atoms with E-state index in [0.29, 0.717) is 22.5 Å². The maximum atomic E-state index is 13.7. The number of anilines is 3. The van der Waals surface area contributed by atoms with Crippen LogP contribution in [0.5, 0.6) is 0 Å². The third-order valence-corrected chi connectivity index (χ3v) is 4.53. The SMILES string of the molecule is Cc1ccc(NC(=O)c2cc(F)c(Cl)cc2Cl)cc1C(=O)Nc1cnc(N)nc1. The predicted octanol–water partition coefficient (Wildman–Crippen LogP) is 4.32. The summed E-state index contributed by atoms with van der Waals surface area (Å²) in [6, 6.07) is 6.85. The number of halogens is 3. The fraction of sp³-hybridized carbons (Fsp3) is 0.0526. The number of aromatic nitrogens is 2. The van der Waals surface area contributed by atoms with Crippen LogP contribution in [0.3, 0.4) is 0 Å². The van der Waals surface area contributed by atoms with Crippen molar-refractivity contribution in [3.8, 4) is 0 Å². The smallest absolute Gasteiger partial charge is 0.257 e. The zero-order valence-electron chi connectivity index (χ0n) is 15.0. The van der Waals surface area contributed by atoms with Crippen molar-refractivity contribution < 1.29 is 14.0 Å². The van der Waals surface area contributed by atoms with Gasteiger partial charge in [0.15, 0.2) is 0 Å². The third-order valence-electron chi connectivity index (χ3n) is 3.92. The second kappa shape index (κ2) is 8.42. The third kappa shape index (κ3) is 4.79. The van der Waals surface area contributed by atoms with Crippen LogP contribution in [0, 0.1) is 12.7 Å². The number of nitrogens with zero attached hydrogens (tertiary/aromatic N) is 2. The highest BCUT2D eigenvalue weighted by Crippen LogP contribution is 2.25. The number of carbonyl (C=O) groups is 2. The number of rotatable bonds is 4. The van der Waals surface area contributed by atoms with Crippen molar-refractivity contribution in [2.75, 3.05) is 16.4 Å². The van der Waals surface area contributed by atoms with Crippen molar-refractivity contribution in [3.63, 3.8) is 0 Å². The standard InChI is InChI=1S/C19H14Cl2FN5O2/c1-9-2-3-10(26-18(29)13-5-16(22)15(21)6-14(13)20)4-12(9)17(28)27-11-7-24-19(23)25-8-11/h2-8H,1H3,(H,26,29)(H,27,28)(H2,23,24,25). The molecule has 3 rings (SSSR count). The van der Waals surface area contributed by atoms with Gasteiger partial charge in [0.25, 0.3) is 11.8 Å². The zero-order valence-corrected chi connectivity index (χ0v) is 16.5. The first-order valence-electron chi connectivity index (χ1n) is 8.20. The Balaban J connectivity index is 1.81. The Hall–Kier alpha value is -3.23. The number of nitrogens with one attached hydrogen (secondary N) is 2. The van der Waals surface area contributed by atoms with Crippen LogP contribution in [0.15, 0.2) is 42.7 Å². The molecule has 0 atom stereocenters. The van der Waals surface area contributed by atoms with E-state index in [1.165, 1.54) is 18.5 Å². The number of benzene rings is 2. The molecule has 4 N–H and O–H groups in total. The maximum Gasteiger partial charge on any atom is 0.257 e. The van der Waals surface area contributed by atoms with E-state index >= 15 is 0 Å². The van der Waals surface area contributed by atoms with Gasteiger partial charge in [-0.1, -0.05) is 29.3 Å². The van der Waals surface area contributed by atoms with Crippen LogP contribution in [0.4, 0.5) is 21.7 Å². The Morgan fingerprint density at radius 2 is 1.55 bits per heavy atom. The van der Waals surface area contributed by atoms with E-state index in [2.05, 4.69) is 20.6 Å². The van der Waals surface area contributed by atoms with E-state index in [0.717, 1.165) is 12.1 Å². The maximum absolute atomic E-state index is 13.7. The van der Waals surface area contributed by atoms with Gasteiger partial charge in [-0.05, 0) is 36.8 Å². The van der Waals surface area contributed by atoms with Crippen molar-refractivity contribution in [1.29, 1.82) is 0 Å². The van der Waals surface area contributed by atoms with Crippen LogP contribution in [0.25, 0.3) is 0 Å². The largest absolute Gasteiger partial charge is 0.368 e. The molecule has 10 heteroatoms. The Morgan fingerprint density at radius 3 is 2.24 bits per heavy atom. The molecule has 0 fully saturated rings. The van der Waals surface area contributed by atoms with Gasteiger partial charge < -0.3 is 16.4 Å². The normalized spacial score (nSPS) is 10.5. The highest BCUT2D eigenvalue weighted by Gasteiger charge is 2.16. The summed E-state index contributed by atoms with van der Waals surface area (Å²) in [5.74, 6) is -1.76. The summed E-state index contributed by atoms with van der Waals surface area (Å²) in [6.07, 6.45) is 2.75. The molecule has 2 amide bonds. The highest BCUT2D eigenvalue weighted by atomic mass is 35.5. The molecule has 0 saturated heterocycles. The topological polar surface area (TPSA) is 110 Å². The molecule has 0 saturated carbocycles. The van der Waals surface area contributed by atoms with Gasteiger partial charge in [0, 0.05) is 11.3 Å². The van der Waals surface area contributed by atoms with Crippen molar-refractivity contribution in [2.45, 2.75) is 6.92 Å². The van der Waals surface area contributed by atoms with Crippen LogP contribution in [-0.2, 0) is 0 Å². The van der Waals surface area contributed by atoms with E-state index in [4.69, 9.17) is 28.9 Å². The van der Waals surface area contributed by atoms with Crippen molar-refractivity contribution in [3.05, 3.63) is 75.3 Å². The predicted molar refractivity (Wildman–Crippen MR) is 110 cm³/mol. The first-order valence-corrected chi connectivity index (χ1v) is 8.95. The molecule has 7 nitrogen and oxygen atoms in total. The van der Waals surface area contributed by atoms with Gasteiger partial charge in [-0.2, -0.15) is 0 Å². The van der Waals surface area contributed by atoms with Gasteiger partial charge in [0.2, 0.25) is 5.95 Å². The van der Waals surface area contributed by atoms with Crippen molar-refractivity contribution in [2.24, 2.45) is 0 Å². The first-order chi connectivity index (χ1) is 13.7. The van der Waals surface area contributed by atoms with Crippen LogP contribution in [0.2, 0.25) is 10.0 Å². The molecule has 3 aromatic rings. The Morgan fingerprint density at radius 1 is 0.931 bits per heavy atom. The van der Waals surface area contributed by atoms with Gasteiger partial charge in [-0.25, -0.2) is 14.4 Å². The minimum Gasteiger partial charge on any atom is -0.368 e. The molecule has 1 heterocycles. The molecule has 148 valence electrons. The summed E-state index contributed by atoms with van der Waals surface area (Å²) in [7, 11) is 0. The Labute approximate surface area is 175 Å². The quantitative estimate of drug-likeness (QED) is 0.530. The zero-order chi connectivity index (χ0) is 21.1. The summed E-state index contributed by atoms with van der Waals surface area (Å²) >= 11 is 11.6. The van der Waals surface area contributed by atoms with Crippen molar-refractivity contribution in [1.82, 2.24) is 9.97 Å². The number of nitrogen functional groups attached to an aromatic ring is 1. The number of aryl methyl sites for hydroxylation is 1. The molecule has 0 aliphatic carbocycles. The molecule has 1 aromatic heterocycles. The summed E-state index contributed by atoms with van der Waals surface area (Å²) in [4.78, 5) is 32.6. The van der Waals surface area contributed by atoms with Gasteiger partial charge >= 0.3 is 0 Å². The average Bonchev–Trinajstić information content (AvgIpc) is 2.67. The molecule has 0 aliphatic heterocycles. The van der Waals surface area contributed by atoms with E-state index in [-0.39, 0.29) is 21.6 Å². The van der Waals surface area contributed by atoms with E-state index in [1.807, 2.05) is 0 Å². The van der Waals surface area contributed by atoms with E-state index < -0.39 is 17.6 Å². The van der Waals surface area contributed by atoms with Crippen LogP contribution < -0.4 is 16.4 Å². The second-order valence-electron chi connectivity index (χ2n) is 6.01. The molecule has 0 bridgehead atoms. The average molecular weight is 434 g/mol. The lowest BCUT2D eigenvalue weighted by Gasteiger charge is -2.11. The van der Waals surface area contributed by atoms with Gasteiger partial charge in [-0.3, -0.25) is 9.59 Å². The van der Waals surface area contributed by atoms with Gasteiger partial charge in [0.1, 0.15) is 5.82 Å². The molecular weight excluding hydrogens is 420 g/mol. The minimum atomic E-state index is -0.768. The van der Waals surface area contributed by atoms with Crippen molar-refractivity contribution >= 4 is 52.3 Å². The lowest BCUT2D eigenvalue weighted by Crippen LogP contribution is -2.16. The first kappa shape index (κ1) is 20.5. The summed E-state index contributed by atoms with van der Waals surface area (Å²) < 4.78 is 13.7. The summed E-state index contributed by atoms with van der Waals surface area (Å²) in [6.45, 7) is 1.74. The van der Waals surface area contributed by atoms with Crippen LogP contribution in [-0.4, -0.2) is 21.8 Å². The highest BCUT2D eigenvalue weighted by molar-refractivity contribution is 6.37. The number of nitrogens with two attached hydrogens (primary N) is 1. The molecule has 0 spiro atoms. The molecule has 0 radical (unpaired) electrons. The van der Waals surface area contributed by atoms with E-state index in [9.17, 15) is 14.0 Å². The summed E-state index contributed by atoms with van der Waals surface area (Å²) in [5, 5.41) is 5.04. The van der Waals surface area contributed by atoms with Crippen LogP contribution >= 0.6 is 23.2 Å². The number of hydrogen-bond acceptors (Lipinski definition) is 5.